The molecule has 180 valence electrons. The normalized spacial score (nSPS) is 50.2. The summed E-state index contributed by atoms with van der Waals surface area (Å²) in [7, 11) is 0. The van der Waals surface area contributed by atoms with Crippen LogP contribution in [-0.4, -0.2) is 11.7 Å². The zero-order valence-corrected chi connectivity index (χ0v) is 21.8. The zero-order chi connectivity index (χ0) is 24.2. The minimum absolute atomic E-state index is 0.0187. The Kier molecular flexibility index (Phi) is 4.57. The van der Waals surface area contributed by atoms with Gasteiger partial charge in [0.25, 0.3) is 0 Å². The number of primary amides is 1. The molecule has 0 aromatic heterocycles. The molecule has 7 atom stereocenters. The van der Waals surface area contributed by atoms with Crippen LogP contribution in [0.3, 0.4) is 0 Å². The highest BCUT2D eigenvalue weighted by Gasteiger charge is 2.65. The number of fused-ring (bicyclic) bond motifs is 6. The van der Waals surface area contributed by atoms with Crippen molar-refractivity contribution in [3.8, 4) is 0 Å². The Balaban J connectivity index is 1.68. The van der Waals surface area contributed by atoms with E-state index in [2.05, 4.69) is 66.7 Å². The monoisotopic (exact) mass is 449 g/mol. The standard InChI is InChI=1S/C30H43NO2/c1-25(2)21-10-13-30(7)22(28(21,5)12-11-23(25)32)9-8-19-20-18-27(4,24(31)33)15-14-26(20,3)16-17-29(19,30)6/h8-9,11-12,21-22H,10,13-18H2,1-7H3,(H2,31,33)/t21-,22+,26+,27-,28-,29+,30+/m0/s1. The molecule has 33 heavy (non-hydrogen) atoms. The molecule has 0 unspecified atom stereocenters. The number of hydrogen-bond donors (Lipinski definition) is 1. The second-order valence-electron chi connectivity index (χ2n) is 14.0. The van der Waals surface area contributed by atoms with Crippen molar-refractivity contribution in [2.45, 2.75) is 93.4 Å². The number of amides is 1. The second kappa shape index (κ2) is 6.52. The molecule has 2 saturated carbocycles. The number of carbonyl (C=O) groups is 2. The zero-order valence-electron chi connectivity index (χ0n) is 21.8. The Morgan fingerprint density at radius 3 is 2.27 bits per heavy atom. The van der Waals surface area contributed by atoms with Crippen LogP contribution in [0, 0.1) is 44.3 Å². The molecule has 3 heteroatoms. The molecule has 0 bridgehead atoms. The smallest absolute Gasteiger partial charge is 0.223 e. The van der Waals surface area contributed by atoms with Gasteiger partial charge >= 0.3 is 0 Å². The van der Waals surface area contributed by atoms with Gasteiger partial charge in [0.2, 0.25) is 5.91 Å². The van der Waals surface area contributed by atoms with Gasteiger partial charge in [-0.05, 0) is 90.1 Å². The van der Waals surface area contributed by atoms with E-state index in [4.69, 9.17) is 5.73 Å². The number of rotatable bonds is 1. The number of hydrogen-bond acceptors (Lipinski definition) is 2. The Morgan fingerprint density at radius 1 is 0.939 bits per heavy atom. The maximum absolute atomic E-state index is 12.8. The molecule has 2 fully saturated rings. The SMILES string of the molecule is CC1(C)C(=O)C=C[C@]2(C)[C@H]3C=CC4=C5C[C@@](C)(C(N)=O)CC[C@]5(C)CC[C@@]4(C)[C@]3(C)CC[C@@H]12. The fourth-order valence-corrected chi connectivity index (χ4v) is 9.22. The van der Waals surface area contributed by atoms with E-state index in [0.717, 1.165) is 32.1 Å². The molecule has 5 rings (SSSR count). The number of carbonyl (C=O) groups excluding carboxylic acids is 2. The van der Waals surface area contributed by atoms with Gasteiger partial charge in [-0.3, -0.25) is 9.59 Å². The molecule has 1 amide bonds. The summed E-state index contributed by atoms with van der Waals surface area (Å²) >= 11 is 0. The molecule has 0 saturated heterocycles. The first-order valence-electron chi connectivity index (χ1n) is 13.1. The third-order valence-electron chi connectivity index (χ3n) is 12.1. The van der Waals surface area contributed by atoms with Crippen molar-refractivity contribution in [2.75, 3.05) is 0 Å². The molecule has 5 aliphatic rings. The molecule has 5 aliphatic carbocycles. The minimum Gasteiger partial charge on any atom is -0.369 e. The van der Waals surface area contributed by atoms with E-state index < -0.39 is 5.41 Å². The van der Waals surface area contributed by atoms with Gasteiger partial charge in [-0.2, -0.15) is 0 Å². The predicted octanol–water partition coefficient (Wildman–Crippen LogP) is 6.54. The van der Waals surface area contributed by atoms with Crippen molar-refractivity contribution in [2.24, 2.45) is 50.1 Å². The topological polar surface area (TPSA) is 60.2 Å². The van der Waals surface area contributed by atoms with Gasteiger partial charge in [-0.1, -0.05) is 72.3 Å². The van der Waals surface area contributed by atoms with E-state index >= 15 is 0 Å². The van der Waals surface area contributed by atoms with Crippen molar-refractivity contribution in [3.63, 3.8) is 0 Å². The first-order valence-corrected chi connectivity index (χ1v) is 13.1. The number of ketones is 1. The van der Waals surface area contributed by atoms with Crippen molar-refractivity contribution in [1.82, 2.24) is 0 Å². The van der Waals surface area contributed by atoms with Crippen LogP contribution in [0.1, 0.15) is 93.4 Å². The average molecular weight is 450 g/mol. The maximum atomic E-state index is 12.8. The van der Waals surface area contributed by atoms with Gasteiger partial charge in [-0.25, -0.2) is 0 Å². The highest BCUT2D eigenvalue weighted by atomic mass is 16.1. The van der Waals surface area contributed by atoms with Crippen LogP contribution in [0.25, 0.3) is 0 Å². The Morgan fingerprint density at radius 2 is 1.61 bits per heavy atom. The second-order valence-corrected chi connectivity index (χ2v) is 14.0. The van der Waals surface area contributed by atoms with Gasteiger partial charge in [0.1, 0.15) is 0 Å². The van der Waals surface area contributed by atoms with Gasteiger partial charge in [-0.15, -0.1) is 0 Å². The summed E-state index contributed by atoms with van der Waals surface area (Å²) in [6, 6.07) is 0. The van der Waals surface area contributed by atoms with Gasteiger partial charge in [0.05, 0.1) is 0 Å². The fraction of sp³-hybridized carbons (Fsp3) is 0.733. The van der Waals surface area contributed by atoms with E-state index in [9.17, 15) is 9.59 Å². The van der Waals surface area contributed by atoms with Crippen LogP contribution >= 0.6 is 0 Å². The molecule has 0 aromatic carbocycles. The lowest BCUT2D eigenvalue weighted by Crippen LogP contribution is -2.61. The highest BCUT2D eigenvalue weighted by Crippen LogP contribution is 2.73. The maximum Gasteiger partial charge on any atom is 0.223 e. The van der Waals surface area contributed by atoms with Crippen LogP contribution in [0.2, 0.25) is 0 Å². The molecule has 0 spiro atoms. The van der Waals surface area contributed by atoms with E-state index in [1.165, 1.54) is 24.0 Å². The molecule has 2 N–H and O–H groups in total. The predicted molar refractivity (Wildman–Crippen MR) is 133 cm³/mol. The molecule has 0 aliphatic heterocycles. The Bertz CT molecular complexity index is 1030. The van der Waals surface area contributed by atoms with Crippen LogP contribution in [0.5, 0.6) is 0 Å². The molecular formula is C30H43NO2. The van der Waals surface area contributed by atoms with E-state index in [-0.39, 0.29) is 38.8 Å². The van der Waals surface area contributed by atoms with E-state index in [1.807, 2.05) is 6.08 Å². The lowest BCUT2D eigenvalue weighted by molar-refractivity contribution is -0.144. The summed E-state index contributed by atoms with van der Waals surface area (Å²) in [6.45, 7) is 16.3. The van der Waals surface area contributed by atoms with Crippen LogP contribution < -0.4 is 5.73 Å². The van der Waals surface area contributed by atoms with Gasteiger partial charge in [0.15, 0.2) is 5.78 Å². The number of nitrogens with two attached hydrogens (primary N) is 1. The van der Waals surface area contributed by atoms with Crippen molar-refractivity contribution in [1.29, 1.82) is 0 Å². The molecule has 0 radical (unpaired) electrons. The van der Waals surface area contributed by atoms with Gasteiger partial charge < -0.3 is 5.73 Å². The summed E-state index contributed by atoms with van der Waals surface area (Å²) in [5.41, 5.74) is 8.52. The third-order valence-corrected chi connectivity index (χ3v) is 12.1. The van der Waals surface area contributed by atoms with Crippen molar-refractivity contribution >= 4 is 11.7 Å². The number of allylic oxidation sites excluding steroid dienone is 6. The third kappa shape index (κ3) is 2.69. The highest BCUT2D eigenvalue weighted by molar-refractivity contribution is 5.95. The average Bonchev–Trinajstić information content (AvgIpc) is 2.73. The molecule has 0 heterocycles. The summed E-state index contributed by atoms with van der Waals surface area (Å²) in [6.07, 6.45) is 16.4. The summed E-state index contributed by atoms with van der Waals surface area (Å²) in [5, 5.41) is 0. The quantitative estimate of drug-likeness (QED) is 0.494. The fourth-order valence-electron chi connectivity index (χ4n) is 9.22. The van der Waals surface area contributed by atoms with E-state index in [0.29, 0.717) is 11.8 Å². The van der Waals surface area contributed by atoms with Crippen LogP contribution in [0.15, 0.2) is 35.5 Å². The minimum atomic E-state index is -0.439. The summed E-state index contributed by atoms with van der Waals surface area (Å²) < 4.78 is 0. The molecule has 0 aromatic rings. The molecule has 3 nitrogen and oxygen atoms in total. The summed E-state index contributed by atoms with van der Waals surface area (Å²) in [5.74, 6) is 0.895. The van der Waals surface area contributed by atoms with Crippen molar-refractivity contribution in [3.05, 3.63) is 35.5 Å². The van der Waals surface area contributed by atoms with Crippen molar-refractivity contribution < 1.29 is 9.59 Å². The van der Waals surface area contributed by atoms with E-state index in [1.54, 1.807) is 0 Å². The largest absolute Gasteiger partial charge is 0.369 e. The van der Waals surface area contributed by atoms with Gasteiger partial charge in [0, 0.05) is 10.8 Å². The summed E-state index contributed by atoms with van der Waals surface area (Å²) in [4.78, 5) is 25.2. The Hall–Kier alpha value is -1.64. The first-order chi connectivity index (χ1) is 15.1. The van der Waals surface area contributed by atoms with Crippen LogP contribution in [-0.2, 0) is 9.59 Å². The molecular weight excluding hydrogens is 406 g/mol. The Labute approximate surface area is 200 Å². The lowest BCUT2D eigenvalue weighted by atomic mass is 9.36. The first kappa shape index (κ1) is 23.1. The lowest BCUT2D eigenvalue weighted by Gasteiger charge is -2.67. The van der Waals surface area contributed by atoms with Crippen LogP contribution in [0.4, 0.5) is 0 Å².